The molecule has 0 bridgehead atoms. The molecule has 4 rings (SSSR count). The molecule has 27 heavy (non-hydrogen) atoms. The Morgan fingerprint density at radius 2 is 1.78 bits per heavy atom. The number of rotatable bonds is 2. The number of para-hydroxylation sites is 3. The maximum absolute atomic E-state index is 12.9. The Morgan fingerprint density at radius 1 is 1.00 bits per heavy atom. The normalized spacial score (nSPS) is 19.1. The molecule has 1 amide bonds. The summed E-state index contributed by atoms with van der Waals surface area (Å²) in [6, 6.07) is 17.3. The summed E-state index contributed by atoms with van der Waals surface area (Å²) in [6.07, 6.45) is 0.230. The van der Waals surface area contributed by atoms with E-state index in [4.69, 9.17) is 9.47 Å². The van der Waals surface area contributed by atoms with Crippen LogP contribution in [0.5, 0.6) is 11.5 Å². The van der Waals surface area contributed by atoms with Crippen LogP contribution in [0.4, 0.5) is 5.69 Å². The summed E-state index contributed by atoms with van der Waals surface area (Å²) in [5, 5.41) is 9.34. The van der Waals surface area contributed by atoms with Crippen LogP contribution in [0.2, 0.25) is 0 Å². The van der Waals surface area contributed by atoms with Crippen LogP contribution in [0.3, 0.4) is 0 Å². The highest BCUT2D eigenvalue weighted by Gasteiger charge is 2.32. The van der Waals surface area contributed by atoms with Gasteiger partial charge in [-0.05, 0) is 30.7 Å². The first kappa shape index (κ1) is 17.2. The van der Waals surface area contributed by atoms with E-state index in [1.807, 2.05) is 53.4 Å². The molecule has 2 aliphatic rings. The molecular formula is C21H21N3O3. The predicted octanol–water partition coefficient (Wildman–Crippen LogP) is 2.44. The summed E-state index contributed by atoms with van der Waals surface area (Å²) in [4.78, 5) is 17.0. The van der Waals surface area contributed by atoms with Crippen molar-refractivity contribution in [3.8, 4) is 17.6 Å². The van der Waals surface area contributed by atoms with Crippen LogP contribution < -0.4 is 14.4 Å². The lowest BCUT2D eigenvalue weighted by molar-refractivity contribution is -0.141. The molecule has 1 atom stereocenters. The minimum atomic E-state index is -0.613. The van der Waals surface area contributed by atoms with E-state index in [9.17, 15) is 10.1 Å². The van der Waals surface area contributed by atoms with Crippen LogP contribution in [0.1, 0.15) is 12.0 Å². The third-order valence-corrected chi connectivity index (χ3v) is 4.96. The lowest BCUT2D eigenvalue weighted by atomic mass is 10.1. The number of nitrogens with zero attached hydrogens (tertiary/aromatic N) is 3. The maximum Gasteiger partial charge on any atom is 0.267 e. The van der Waals surface area contributed by atoms with Crippen LogP contribution in [-0.4, -0.2) is 49.7 Å². The van der Waals surface area contributed by atoms with Gasteiger partial charge in [-0.2, -0.15) is 5.26 Å². The van der Waals surface area contributed by atoms with E-state index in [0.717, 1.165) is 18.7 Å². The van der Waals surface area contributed by atoms with Gasteiger partial charge < -0.3 is 19.3 Å². The van der Waals surface area contributed by atoms with Crippen molar-refractivity contribution in [1.82, 2.24) is 4.90 Å². The molecular weight excluding hydrogens is 342 g/mol. The minimum absolute atomic E-state index is 0.0417. The summed E-state index contributed by atoms with van der Waals surface area (Å²) in [7, 11) is 0. The third-order valence-electron chi connectivity index (χ3n) is 4.96. The molecule has 138 valence electrons. The first-order valence-corrected chi connectivity index (χ1v) is 9.17. The number of hydrogen-bond donors (Lipinski definition) is 0. The Balaban J connectivity index is 1.43. The van der Waals surface area contributed by atoms with Gasteiger partial charge in [-0.25, -0.2) is 0 Å². The second kappa shape index (κ2) is 7.58. The minimum Gasteiger partial charge on any atom is -0.485 e. The first-order valence-electron chi connectivity index (χ1n) is 9.17. The molecule has 6 heteroatoms. The number of carbonyl (C=O) groups is 1. The van der Waals surface area contributed by atoms with Crippen LogP contribution in [0.25, 0.3) is 0 Å². The standard InChI is InChI=1S/C21H21N3O3/c22-14-16-6-1-2-7-17(16)23-10-5-11-24(13-12-23)21(25)20-15-26-18-8-3-4-9-19(18)27-20/h1-4,6-9,20H,5,10-13,15H2/t20-/m0/s1. The Kier molecular flexibility index (Phi) is 4.84. The molecule has 1 fully saturated rings. The van der Waals surface area contributed by atoms with E-state index in [2.05, 4.69) is 11.0 Å². The van der Waals surface area contributed by atoms with E-state index < -0.39 is 6.10 Å². The summed E-state index contributed by atoms with van der Waals surface area (Å²) in [5.74, 6) is 1.25. The Labute approximate surface area is 158 Å². The molecule has 1 saturated heterocycles. The number of ether oxygens (including phenoxy) is 2. The molecule has 2 aliphatic heterocycles. The Hall–Kier alpha value is -3.20. The molecule has 0 saturated carbocycles. The molecule has 0 aliphatic carbocycles. The lowest BCUT2D eigenvalue weighted by Crippen LogP contribution is -2.47. The van der Waals surface area contributed by atoms with Crippen molar-refractivity contribution in [3.05, 3.63) is 54.1 Å². The number of anilines is 1. The molecule has 2 aromatic rings. The van der Waals surface area contributed by atoms with Gasteiger partial charge in [0, 0.05) is 26.2 Å². The van der Waals surface area contributed by atoms with Crippen LogP contribution >= 0.6 is 0 Å². The Bertz CT molecular complexity index is 877. The number of amides is 1. The second-order valence-electron chi connectivity index (χ2n) is 6.66. The van der Waals surface area contributed by atoms with Crippen molar-refractivity contribution in [2.75, 3.05) is 37.7 Å². The number of nitriles is 1. The highest BCUT2D eigenvalue weighted by Crippen LogP contribution is 2.31. The molecule has 0 radical (unpaired) electrons. The van der Waals surface area contributed by atoms with Gasteiger partial charge in [-0.1, -0.05) is 24.3 Å². The smallest absolute Gasteiger partial charge is 0.267 e. The number of carbonyl (C=O) groups excluding carboxylic acids is 1. The van der Waals surface area contributed by atoms with Gasteiger partial charge in [0.2, 0.25) is 6.10 Å². The number of fused-ring (bicyclic) bond motifs is 1. The van der Waals surface area contributed by atoms with Crippen molar-refractivity contribution in [1.29, 1.82) is 5.26 Å². The van der Waals surface area contributed by atoms with Crippen molar-refractivity contribution in [2.24, 2.45) is 0 Å². The van der Waals surface area contributed by atoms with Crippen molar-refractivity contribution >= 4 is 11.6 Å². The lowest BCUT2D eigenvalue weighted by Gasteiger charge is -2.30. The third kappa shape index (κ3) is 3.54. The molecule has 0 unspecified atom stereocenters. The van der Waals surface area contributed by atoms with Gasteiger partial charge in [0.15, 0.2) is 11.5 Å². The number of benzene rings is 2. The first-order chi connectivity index (χ1) is 13.3. The Morgan fingerprint density at radius 3 is 2.63 bits per heavy atom. The number of hydrogen-bond acceptors (Lipinski definition) is 5. The molecule has 2 heterocycles. The molecule has 0 spiro atoms. The summed E-state index contributed by atoms with van der Waals surface area (Å²) >= 11 is 0. The van der Waals surface area contributed by atoms with E-state index in [1.54, 1.807) is 0 Å². The van der Waals surface area contributed by atoms with Gasteiger partial charge in [0.1, 0.15) is 12.7 Å². The van der Waals surface area contributed by atoms with Crippen LogP contribution in [-0.2, 0) is 4.79 Å². The topological polar surface area (TPSA) is 65.8 Å². The molecule has 2 aromatic carbocycles. The summed E-state index contributed by atoms with van der Waals surface area (Å²) < 4.78 is 11.5. The van der Waals surface area contributed by atoms with Crippen molar-refractivity contribution in [2.45, 2.75) is 12.5 Å². The highest BCUT2D eigenvalue weighted by atomic mass is 16.6. The fraction of sp³-hybridized carbons (Fsp3) is 0.333. The van der Waals surface area contributed by atoms with Crippen molar-refractivity contribution in [3.63, 3.8) is 0 Å². The zero-order valence-corrected chi connectivity index (χ0v) is 15.0. The van der Waals surface area contributed by atoms with Crippen LogP contribution in [0, 0.1) is 11.3 Å². The van der Waals surface area contributed by atoms with Gasteiger partial charge >= 0.3 is 0 Å². The van der Waals surface area contributed by atoms with Gasteiger partial charge in [-0.15, -0.1) is 0 Å². The SMILES string of the molecule is N#Cc1ccccc1N1CCCN(C(=O)[C@@H]2COc3ccccc3O2)CC1. The highest BCUT2D eigenvalue weighted by molar-refractivity contribution is 5.82. The average molecular weight is 363 g/mol. The average Bonchev–Trinajstić information content (AvgIpc) is 2.99. The van der Waals surface area contributed by atoms with Gasteiger partial charge in [0.25, 0.3) is 5.91 Å². The largest absolute Gasteiger partial charge is 0.485 e. The van der Waals surface area contributed by atoms with Gasteiger partial charge in [0.05, 0.1) is 11.3 Å². The zero-order valence-electron chi connectivity index (χ0n) is 15.0. The summed E-state index contributed by atoms with van der Waals surface area (Å²) in [6.45, 7) is 3.00. The second-order valence-corrected chi connectivity index (χ2v) is 6.66. The monoisotopic (exact) mass is 363 g/mol. The molecule has 0 N–H and O–H groups in total. The quantitative estimate of drug-likeness (QED) is 0.820. The van der Waals surface area contributed by atoms with Gasteiger partial charge in [-0.3, -0.25) is 4.79 Å². The van der Waals surface area contributed by atoms with E-state index >= 15 is 0 Å². The predicted molar refractivity (Wildman–Crippen MR) is 101 cm³/mol. The fourth-order valence-electron chi connectivity index (χ4n) is 3.57. The fourth-order valence-corrected chi connectivity index (χ4v) is 3.57. The molecule has 6 nitrogen and oxygen atoms in total. The van der Waals surface area contributed by atoms with E-state index in [0.29, 0.717) is 36.7 Å². The van der Waals surface area contributed by atoms with E-state index in [1.165, 1.54) is 0 Å². The maximum atomic E-state index is 12.9. The van der Waals surface area contributed by atoms with Crippen LogP contribution in [0.15, 0.2) is 48.5 Å². The molecule has 0 aromatic heterocycles. The van der Waals surface area contributed by atoms with Crippen molar-refractivity contribution < 1.29 is 14.3 Å². The zero-order chi connectivity index (χ0) is 18.6. The summed E-state index contributed by atoms with van der Waals surface area (Å²) in [5.41, 5.74) is 1.60. The van der Waals surface area contributed by atoms with E-state index in [-0.39, 0.29) is 12.5 Å².